The Hall–Kier alpha value is -3.23. The van der Waals surface area contributed by atoms with Crippen LogP contribution in [-0.2, 0) is 16.0 Å². The molecule has 2 rings (SSSR count). The van der Waals surface area contributed by atoms with E-state index in [2.05, 4.69) is 17.7 Å². The maximum Gasteiger partial charge on any atom is 0.472 e. The van der Waals surface area contributed by atoms with Gasteiger partial charge in [-0.15, -0.1) is 0 Å². The van der Waals surface area contributed by atoms with Gasteiger partial charge < -0.3 is 10.1 Å². The number of amides is 2. The summed E-state index contributed by atoms with van der Waals surface area (Å²) in [6, 6.07) is 13.3. The van der Waals surface area contributed by atoms with Gasteiger partial charge in [-0.3, -0.25) is 20.4 Å². The largest absolute Gasteiger partial charge is 0.494 e. The number of halogens is 3. The molecule has 0 heterocycles. The minimum absolute atomic E-state index is 0.149. The molecule has 0 unspecified atom stereocenters. The number of nitrogens with one attached hydrogen (secondary N) is 3. The fourth-order valence-electron chi connectivity index (χ4n) is 3.04. The first-order chi connectivity index (χ1) is 15.8. The van der Waals surface area contributed by atoms with E-state index in [9.17, 15) is 22.8 Å². The van der Waals surface area contributed by atoms with Gasteiger partial charge in [0.2, 0.25) is 5.91 Å². The Bertz CT molecular complexity index is 887. The van der Waals surface area contributed by atoms with Gasteiger partial charge in [-0.25, -0.2) is 0 Å². The molecule has 2 amide bonds. The SMILES string of the molecule is CCCCCCCCOc1cccc(CC(=O)Nc2ccc(NNC(=O)C(F)(F)F)cc2)c1. The van der Waals surface area contributed by atoms with Crippen LogP contribution in [0.4, 0.5) is 24.5 Å². The number of alkyl halides is 3. The Balaban J connectivity index is 1.75. The summed E-state index contributed by atoms with van der Waals surface area (Å²) in [7, 11) is 0. The summed E-state index contributed by atoms with van der Waals surface area (Å²) in [5.41, 5.74) is 5.24. The number of hydrogen-bond acceptors (Lipinski definition) is 4. The van der Waals surface area contributed by atoms with Crippen molar-refractivity contribution < 1.29 is 27.5 Å². The molecule has 0 spiro atoms. The van der Waals surface area contributed by atoms with Crippen molar-refractivity contribution in [3.05, 3.63) is 54.1 Å². The summed E-state index contributed by atoms with van der Waals surface area (Å²) in [6.45, 7) is 2.84. The van der Waals surface area contributed by atoms with E-state index < -0.39 is 12.1 Å². The monoisotopic (exact) mass is 465 g/mol. The summed E-state index contributed by atoms with van der Waals surface area (Å²) in [6.07, 6.45) is 2.29. The van der Waals surface area contributed by atoms with Crippen molar-refractivity contribution in [2.75, 3.05) is 17.3 Å². The van der Waals surface area contributed by atoms with E-state index in [0.717, 1.165) is 24.2 Å². The lowest BCUT2D eigenvalue weighted by atomic mass is 10.1. The lowest BCUT2D eigenvalue weighted by Crippen LogP contribution is -2.40. The zero-order chi connectivity index (χ0) is 24.1. The predicted molar refractivity (Wildman–Crippen MR) is 122 cm³/mol. The van der Waals surface area contributed by atoms with Gasteiger partial charge >= 0.3 is 12.1 Å². The van der Waals surface area contributed by atoms with Crippen LogP contribution in [0.2, 0.25) is 0 Å². The Kier molecular flexibility index (Phi) is 10.5. The van der Waals surface area contributed by atoms with E-state index in [4.69, 9.17) is 4.74 Å². The molecule has 0 saturated carbocycles. The maximum absolute atomic E-state index is 12.3. The van der Waals surface area contributed by atoms with Crippen molar-refractivity contribution in [1.82, 2.24) is 5.43 Å². The summed E-state index contributed by atoms with van der Waals surface area (Å²) >= 11 is 0. The highest BCUT2D eigenvalue weighted by Gasteiger charge is 2.38. The van der Waals surface area contributed by atoms with Crippen LogP contribution in [0.3, 0.4) is 0 Å². The molecule has 0 atom stereocenters. The van der Waals surface area contributed by atoms with Crippen molar-refractivity contribution in [3.63, 3.8) is 0 Å². The molecular formula is C24H30F3N3O3. The fourth-order valence-corrected chi connectivity index (χ4v) is 3.04. The Labute approximate surface area is 191 Å². The Morgan fingerprint density at radius 2 is 1.58 bits per heavy atom. The summed E-state index contributed by atoms with van der Waals surface area (Å²) in [5, 5.41) is 2.73. The third-order valence-corrected chi connectivity index (χ3v) is 4.78. The zero-order valence-corrected chi connectivity index (χ0v) is 18.6. The van der Waals surface area contributed by atoms with E-state index in [1.165, 1.54) is 49.9 Å². The molecule has 0 bridgehead atoms. The predicted octanol–water partition coefficient (Wildman–Crippen LogP) is 5.61. The lowest BCUT2D eigenvalue weighted by Gasteiger charge is -2.11. The van der Waals surface area contributed by atoms with Crippen molar-refractivity contribution in [2.45, 2.75) is 58.0 Å². The first-order valence-corrected chi connectivity index (χ1v) is 11.0. The van der Waals surface area contributed by atoms with Gasteiger partial charge in [0.25, 0.3) is 0 Å². The normalized spacial score (nSPS) is 11.0. The summed E-state index contributed by atoms with van der Waals surface area (Å²) in [5.74, 6) is -1.61. The number of anilines is 2. The van der Waals surface area contributed by atoms with Gasteiger partial charge in [0.15, 0.2) is 0 Å². The molecule has 0 aromatic heterocycles. The van der Waals surface area contributed by atoms with Crippen molar-refractivity contribution in [3.8, 4) is 5.75 Å². The molecule has 2 aromatic carbocycles. The van der Waals surface area contributed by atoms with Gasteiger partial charge in [-0.05, 0) is 48.4 Å². The second-order valence-electron chi connectivity index (χ2n) is 7.64. The average molecular weight is 466 g/mol. The van der Waals surface area contributed by atoms with Gasteiger partial charge in [-0.1, -0.05) is 51.2 Å². The number of hydrazine groups is 1. The Morgan fingerprint density at radius 3 is 2.27 bits per heavy atom. The molecule has 3 N–H and O–H groups in total. The highest BCUT2D eigenvalue weighted by atomic mass is 19.4. The fraction of sp³-hybridized carbons (Fsp3) is 0.417. The highest BCUT2D eigenvalue weighted by molar-refractivity contribution is 5.92. The second-order valence-corrected chi connectivity index (χ2v) is 7.64. The van der Waals surface area contributed by atoms with Crippen LogP contribution in [0.25, 0.3) is 0 Å². The van der Waals surface area contributed by atoms with E-state index in [-0.39, 0.29) is 18.0 Å². The molecular weight excluding hydrogens is 435 g/mol. The number of rotatable bonds is 13. The number of benzene rings is 2. The van der Waals surface area contributed by atoms with E-state index >= 15 is 0 Å². The quantitative estimate of drug-likeness (QED) is 0.265. The third kappa shape index (κ3) is 10.3. The number of hydrogen-bond donors (Lipinski definition) is 3. The minimum Gasteiger partial charge on any atom is -0.494 e. The van der Waals surface area contributed by atoms with Crippen LogP contribution >= 0.6 is 0 Å². The summed E-state index contributed by atoms with van der Waals surface area (Å²) in [4.78, 5) is 23.1. The molecule has 0 saturated heterocycles. The minimum atomic E-state index is -4.97. The molecule has 0 aliphatic carbocycles. The maximum atomic E-state index is 12.3. The molecule has 0 radical (unpaired) electrons. The van der Waals surface area contributed by atoms with Crippen LogP contribution in [-0.4, -0.2) is 24.6 Å². The van der Waals surface area contributed by atoms with Crippen molar-refractivity contribution >= 4 is 23.2 Å². The van der Waals surface area contributed by atoms with Gasteiger partial charge in [0.05, 0.1) is 18.7 Å². The number of carbonyl (C=O) groups excluding carboxylic acids is 2. The molecule has 180 valence electrons. The molecule has 0 fully saturated rings. The van der Waals surface area contributed by atoms with Gasteiger partial charge in [0, 0.05) is 5.69 Å². The van der Waals surface area contributed by atoms with Crippen LogP contribution in [0, 0.1) is 0 Å². The number of ether oxygens (including phenoxy) is 1. The smallest absolute Gasteiger partial charge is 0.472 e. The molecule has 9 heteroatoms. The first kappa shape index (κ1) is 26.0. The van der Waals surface area contributed by atoms with E-state index in [0.29, 0.717) is 12.3 Å². The number of unbranched alkanes of at least 4 members (excludes halogenated alkanes) is 5. The molecule has 0 aliphatic heterocycles. The van der Waals surface area contributed by atoms with Gasteiger partial charge in [-0.2, -0.15) is 13.2 Å². The average Bonchev–Trinajstić information content (AvgIpc) is 2.77. The van der Waals surface area contributed by atoms with Crippen LogP contribution in [0.15, 0.2) is 48.5 Å². The van der Waals surface area contributed by atoms with Gasteiger partial charge in [0.1, 0.15) is 5.75 Å². The number of carbonyl (C=O) groups is 2. The Morgan fingerprint density at radius 1 is 0.909 bits per heavy atom. The topological polar surface area (TPSA) is 79.5 Å². The highest BCUT2D eigenvalue weighted by Crippen LogP contribution is 2.18. The van der Waals surface area contributed by atoms with Crippen LogP contribution in [0.1, 0.15) is 51.0 Å². The summed E-state index contributed by atoms with van der Waals surface area (Å²) < 4.78 is 42.3. The van der Waals surface area contributed by atoms with Crippen LogP contribution < -0.4 is 20.9 Å². The molecule has 2 aromatic rings. The van der Waals surface area contributed by atoms with E-state index in [1.807, 2.05) is 24.3 Å². The first-order valence-electron chi connectivity index (χ1n) is 11.0. The molecule has 33 heavy (non-hydrogen) atoms. The van der Waals surface area contributed by atoms with Crippen molar-refractivity contribution in [1.29, 1.82) is 0 Å². The third-order valence-electron chi connectivity index (χ3n) is 4.78. The standard InChI is InChI=1S/C24H30F3N3O3/c1-2-3-4-5-6-7-15-33-21-10-8-9-18(16-21)17-22(31)28-19-11-13-20(14-12-19)29-30-23(32)24(25,26)27/h8-14,16,29H,2-7,15,17H2,1H3,(H,28,31)(H,30,32). The molecule has 0 aliphatic rings. The lowest BCUT2D eigenvalue weighted by molar-refractivity contribution is -0.173. The van der Waals surface area contributed by atoms with E-state index in [1.54, 1.807) is 5.43 Å². The zero-order valence-electron chi connectivity index (χ0n) is 18.6. The van der Waals surface area contributed by atoms with Crippen molar-refractivity contribution in [2.24, 2.45) is 0 Å². The van der Waals surface area contributed by atoms with Crippen LogP contribution in [0.5, 0.6) is 5.75 Å². The molecule has 6 nitrogen and oxygen atoms in total. The second kappa shape index (κ2) is 13.3.